The number of nitrogens with one attached hydrogen (secondary N) is 2. The van der Waals surface area contributed by atoms with Crippen molar-refractivity contribution in [3.63, 3.8) is 0 Å². The van der Waals surface area contributed by atoms with E-state index >= 15 is 0 Å². The number of ether oxygens (including phenoxy) is 1. The van der Waals surface area contributed by atoms with Gasteiger partial charge in [0.15, 0.2) is 0 Å². The highest BCUT2D eigenvalue weighted by Crippen LogP contribution is 2.21. The molecule has 2 aromatic heterocycles. The number of carbonyl (C=O) groups is 1. The number of H-pyrrole nitrogens is 1. The van der Waals surface area contributed by atoms with Crippen LogP contribution in [-0.4, -0.2) is 28.2 Å². The summed E-state index contributed by atoms with van der Waals surface area (Å²) in [4.78, 5) is 14.6. The number of nitrogens with two attached hydrogens (primary N) is 1. The molecule has 0 saturated heterocycles. The molecule has 0 aliphatic carbocycles. The first-order valence-electron chi connectivity index (χ1n) is 4.92. The van der Waals surface area contributed by atoms with Crippen LogP contribution in [0.3, 0.4) is 0 Å². The molecule has 2 rings (SSSR count). The lowest BCUT2D eigenvalue weighted by atomic mass is 10.3. The zero-order valence-corrected chi connectivity index (χ0v) is 9.40. The number of aromatic amines is 1. The molecule has 94 valence electrons. The van der Waals surface area contributed by atoms with Crippen molar-refractivity contribution in [2.75, 3.05) is 12.4 Å². The molecule has 0 saturated carbocycles. The molecule has 0 atom stereocenters. The number of hydrogen-bond acceptors (Lipinski definition) is 5. The van der Waals surface area contributed by atoms with E-state index in [9.17, 15) is 9.18 Å². The van der Waals surface area contributed by atoms with E-state index in [4.69, 9.17) is 10.5 Å². The van der Waals surface area contributed by atoms with Gasteiger partial charge in [0.25, 0.3) is 5.91 Å². The topological polar surface area (TPSA) is 106 Å². The lowest BCUT2D eigenvalue weighted by molar-refractivity contribution is 0.100. The van der Waals surface area contributed by atoms with Crippen molar-refractivity contribution in [3.05, 3.63) is 29.8 Å². The molecule has 2 heterocycles. The number of nitrogens with zero attached hydrogens (tertiary/aromatic N) is 2. The Balaban J connectivity index is 2.31. The Morgan fingerprint density at radius 3 is 3.00 bits per heavy atom. The molecule has 7 nitrogen and oxygen atoms in total. The van der Waals surface area contributed by atoms with Gasteiger partial charge in [0.1, 0.15) is 11.4 Å². The van der Waals surface area contributed by atoms with E-state index in [1.807, 2.05) is 0 Å². The summed E-state index contributed by atoms with van der Waals surface area (Å²) >= 11 is 0. The number of amides is 1. The zero-order valence-electron chi connectivity index (χ0n) is 9.40. The summed E-state index contributed by atoms with van der Waals surface area (Å²) in [6, 6.07) is 2.61. The Morgan fingerprint density at radius 2 is 2.33 bits per heavy atom. The number of hydrogen-bond donors (Lipinski definition) is 3. The summed E-state index contributed by atoms with van der Waals surface area (Å²) in [6.45, 7) is 0. The monoisotopic (exact) mass is 251 g/mol. The van der Waals surface area contributed by atoms with Crippen molar-refractivity contribution >= 4 is 17.4 Å². The predicted molar refractivity (Wildman–Crippen MR) is 61.1 cm³/mol. The van der Waals surface area contributed by atoms with Crippen molar-refractivity contribution in [1.82, 2.24) is 15.2 Å². The van der Waals surface area contributed by atoms with Gasteiger partial charge in [0.05, 0.1) is 13.3 Å². The summed E-state index contributed by atoms with van der Waals surface area (Å²) in [6.07, 6.45) is 1.28. The maximum atomic E-state index is 13.2. The number of carbonyl (C=O) groups excluding carboxylic acids is 1. The smallest absolute Gasteiger partial charge is 0.254 e. The van der Waals surface area contributed by atoms with E-state index in [1.165, 1.54) is 19.4 Å². The Labute approximate surface area is 101 Å². The van der Waals surface area contributed by atoms with Crippen LogP contribution in [0.4, 0.5) is 15.9 Å². The van der Waals surface area contributed by atoms with Crippen LogP contribution in [0.15, 0.2) is 18.3 Å². The van der Waals surface area contributed by atoms with E-state index < -0.39 is 11.9 Å². The average molecular weight is 251 g/mol. The fourth-order valence-electron chi connectivity index (χ4n) is 1.36. The van der Waals surface area contributed by atoms with Crippen LogP contribution >= 0.6 is 0 Å². The molecule has 0 aliphatic heterocycles. The molecule has 0 bridgehead atoms. The molecular formula is C10H10FN5O2. The SMILES string of the molecule is COc1cc(Nc2[nH]ncc2C(N)=O)cc(F)n1. The second-order valence-corrected chi connectivity index (χ2v) is 3.37. The van der Waals surface area contributed by atoms with Gasteiger partial charge in [0, 0.05) is 17.8 Å². The number of anilines is 2. The number of aromatic nitrogens is 3. The second-order valence-electron chi connectivity index (χ2n) is 3.37. The number of halogens is 1. The fourth-order valence-corrected chi connectivity index (χ4v) is 1.36. The van der Waals surface area contributed by atoms with Gasteiger partial charge in [-0.05, 0) is 0 Å². The molecule has 4 N–H and O–H groups in total. The Hall–Kier alpha value is -2.64. The molecule has 0 spiro atoms. The summed E-state index contributed by atoms with van der Waals surface area (Å²) in [7, 11) is 1.37. The third-order valence-corrected chi connectivity index (χ3v) is 2.15. The number of primary amides is 1. The van der Waals surface area contributed by atoms with Crippen LogP contribution in [0.2, 0.25) is 0 Å². The summed E-state index contributed by atoms with van der Waals surface area (Å²) in [5.74, 6) is -0.975. The highest BCUT2D eigenvalue weighted by molar-refractivity contribution is 5.97. The number of methoxy groups -OCH3 is 1. The van der Waals surface area contributed by atoms with Crippen LogP contribution in [0.1, 0.15) is 10.4 Å². The van der Waals surface area contributed by atoms with Gasteiger partial charge >= 0.3 is 0 Å². The lowest BCUT2D eigenvalue weighted by Gasteiger charge is -2.07. The highest BCUT2D eigenvalue weighted by Gasteiger charge is 2.11. The molecule has 2 aromatic rings. The predicted octanol–water partition coefficient (Wildman–Crippen LogP) is 0.795. The molecule has 0 aromatic carbocycles. The molecule has 18 heavy (non-hydrogen) atoms. The van der Waals surface area contributed by atoms with Crippen LogP contribution in [0, 0.1) is 5.95 Å². The first-order valence-corrected chi connectivity index (χ1v) is 4.92. The Kier molecular flexibility index (Phi) is 3.09. The van der Waals surface area contributed by atoms with Crippen molar-refractivity contribution in [1.29, 1.82) is 0 Å². The minimum atomic E-state index is -0.711. The molecule has 0 unspecified atom stereocenters. The molecular weight excluding hydrogens is 241 g/mol. The third-order valence-electron chi connectivity index (χ3n) is 2.15. The van der Waals surface area contributed by atoms with Gasteiger partial charge in [-0.1, -0.05) is 0 Å². The lowest BCUT2D eigenvalue weighted by Crippen LogP contribution is -2.12. The Morgan fingerprint density at radius 1 is 1.56 bits per heavy atom. The van der Waals surface area contributed by atoms with Gasteiger partial charge < -0.3 is 15.8 Å². The quantitative estimate of drug-likeness (QED) is 0.697. The van der Waals surface area contributed by atoms with Crippen molar-refractivity contribution in [2.24, 2.45) is 5.73 Å². The Bertz CT molecular complexity index is 583. The third kappa shape index (κ3) is 2.37. The minimum Gasteiger partial charge on any atom is -0.481 e. The largest absolute Gasteiger partial charge is 0.481 e. The highest BCUT2D eigenvalue weighted by atomic mass is 19.1. The second kappa shape index (κ2) is 4.70. The molecule has 8 heteroatoms. The van der Waals surface area contributed by atoms with E-state index in [0.29, 0.717) is 5.69 Å². The average Bonchev–Trinajstić information content (AvgIpc) is 2.76. The standard InChI is InChI=1S/C10H10FN5O2/c1-18-8-3-5(2-7(11)15-8)14-10-6(9(12)17)4-13-16-10/h2-4H,1H3,(H2,12,17)(H2,13,14,15,16). The van der Waals surface area contributed by atoms with Crippen molar-refractivity contribution < 1.29 is 13.9 Å². The normalized spacial score (nSPS) is 10.1. The minimum absolute atomic E-state index is 0.109. The zero-order chi connectivity index (χ0) is 13.1. The van der Waals surface area contributed by atoms with Gasteiger partial charge in [0.2, 0.25) is 11.8 Å². The first-order chi connectivity index (χ1) is 8.60. The molecule has 0 aliphatic rings. The van der Waals surface area contributed by atoms with Crippen LogP contribution in [-0.2, 0) is 0 Å². The number of rotatable bonds is 4. The van der Waals surface area contributed by atoms with Crippen LogP contribution < -0.4 is 15.8 Å². The number of pyridine rings is 1. The summed E-state index contributed by atoms with van der Waals surface area (Å²) in [5.41, 5.74) is 5.67. The molecule has 0 radical (unpaired) electrons. The van der Waals surface area contributed by atoms with Gasteiger partial charge in [-0.15, -0.1) is 0 Å². The van der Waals surface area contributed by atoms with Gasteiger partial charge in [-0.2, -0.15) is 14.5 Å². The van der Waals surface area contributed by atoms with Crippen molar-refractivity contribution in [2.45, 2.75) is 0 Å². The maximum Gasteiger partial charge on any atom is 0.254 e. The van der Waals surface area contributed by atoms with Crippen LogP contribution in [0.5, 0.6) is 5.88 Å². The maximum absolute atomic E-state index is 13.2. The fraction of sp³-hybridized carbons (Fsp3) is 0.100. The molecule has 1 amide bonds. The first kappa shape index (κ1) is 11.8. The van der Waals surface area contributed by atoms with E-state index in [0.717, 1.165) is 6.07 Å². The van der Waals surface area contributed by atoms with E-state index in [-0.39, 0.29) is 17.3 Å². The van der Waals surface area contributed by atoms with E-state index in [1.54, 1.807) is 0 Å². The molecule has 0 fully saturated rings. The van der Waals surface area contributed by atoms with E-state index in [2.05, 4.69) is 20.5 Å². The summed E-state index contributed by atoms with van der Waals surface area (Å²) in [5, 5.41) is 8.99. The van der Waals surface area contributed by atoms with Gasteiger partial charge in [-0.25, -0.2) is 0 Å². The van der Waals surface area contributed by atoms with Crippen LogP contribution in [0.25, 0.3) is 0 Å². The summed E-state index contributed by atoms with van der Waals surface area (Å²) < 4.78 is 18.0. The van der Waals surface area contributed by atoms with Gasteiger partial charge in [-0.3, -0.25) is 9.89 Å². The van der Waals surface area contributed by atoms with Crippen molar-refractivity contribution in [3.8, 4) is 5.88 Å².